The van der Waals surface area contributed by atoms with Gasteiger partial charge in [-0.3, -0.25) is 14.4 Å². The SMILES string of the molecule is C=CCCOC(=O)[C@H]1[C@@H]2OC3(CC2Br)C(C(=O)N(CC=C)c2ccccc2Cl)N(CCCO)C(=O)[C@H]13. The standard InChI is InChI=1S/C26H30BrClN2O6/c1-3-5-14-35-25(34)19-20-23(32)30(12-8-13-31)22(26(20)15-16(27)21(19)36-26)24(33)29(11-4-2)18-10-7-6-9-17(18)28/h3-4,6-7,9-10,16,19-22,31H,1-2,5,8,11-15H2/t16?,19-,20+,21-,22?,26?/m1/s1. The number of ether oxygens (including phenoxy) is 2. The van der Waals surface area contributed by atoms with E-state index in [0.717, 1.165) is 0 Å². The number of nitrogens with zero attached hydrogens (tertiary/aromatic N) is 2. The maximum Gasteiger partial charge on any atom is 0.312 e. The number of para-hydroxylation sites is 1. The van der Waals surface area contributed by atoms with E-state index in [2.05, 4.69) is 29.1 Å². The average Bonchev–Trinajstić information content (AvgIpc) is 3.45. The average molecular weight is 582 g/mol. The summed E-state index contributed by atoms with van der Waals surface area (Å²) in [4.78, 5) is 44.0. The molecule has 1 aromatic rings. The molecule has 3 heterocycles. The maximum absolute atomic E-state index is 14.3. The van der Waals surface area contributed by atoms with Crippen LogP contribution in [-0.2, 0) is 23.9 Å². The number of hydrogen-bond acceptors (Lipinski definition) is 6. The van der Waals surface area contributed by atoms with Crippen LogP contribution in [-0.4, -0.2) is 76.7 Å². The molecule has 2 amide bonds. The third-order valence-corrected chi connectivity index (χ3v) is 8.30. The molecule has 8 nitrogen and oxygen atoms in total. The van der Waals surface area contributed by atoms with Gasteiger partial charge >= 0.3 is 5.97 Å². The highest BCUT2D eigenvalue weighted by atomic mass is 79.9. The van der Waals surface area contributed by atoms with Gasteiger partial charge in [0.15, 0.2) is 0 Å². The first-order valence-electron chi connectivity index (χ1n) is 12.0. The number of esters is 1. The van der Waals surface area contributed by atoms with Crippen molar-refractivity contribution >= 4 is 51.0 Å². The molecule has 3 fully saturated rings. The number of hydrogen-bond donors (Lipinski definition) is 1. The highest BCUT2D eigenvalue weighted by Crippen LogP contribution is 2.60. The second-order valence-corrected chi connectivity index (χ2v) is 10.8. The Bertz CT molecular complexity index is 1050. The topological polar surface area (TPSA) is 96.4 Å². The Morgan fingerprint density at radius 1 is 1.33 bits per heavy atom. The van der Waals surface area contributed by atoms with Gasteiger partial charge in [0.1, 0.15) is 11.6 Å². The molecule has 3 aliphatic rings. The van der Waals surface area contributed by atoms with Crippen LogP contribution < -0.4 is 4.90 Å². The summed E-state index contributed by atoms with van der Waals surface area (Å²) in [5.41, 5.74) is -0.729. The summed E-state index contributed by atoms with van der Waals surface area (Å²) in [7, 11) is 0. The van der Waals surface area contributed by atoms with Crippen molar-refractivity contribution in [3.8, 4) is 0 Å². The highest BCUT2D eigenvalue weighted by molar-refractivity contribution is 9.09. The lowest BCUT2D eigenvalue weighted by Gasteiger charge is -2.37. The van der Waals surface area contributed by atoms with Crippen LogP contribution in [0.25, 0.3) is 0 Å². The Labute approximate surface area is 224 Å². The van der Waals surface area contributed by atoms with Crippen LogP contribution in [0.1, 0.15) is 19.3 Å². The van der Waals surface area contributed by atoms with Crippen LogP contribution >= 0.6 is 27.5 Å². The Hall–Kier alpha value is -2.20. The molecule has 1 N–H and O–H groups in total. The van der Waals surface area contributed by atoms with Gasteiger partial charge < -0.3 is 24.4 Å². The van der Waals surface area contributed by atoms with Crippen LogP contribution in [0.15, 0.2) is 49.6 Å². The number of alkyl halides is 1. The highest BCUT2D eigenvalue weighted by Gasteiger charge is 2.77. The van der Waals surface area contributed by atoms with Crippen molar-refractivity contribution < 1.29 is 29.0 Å². The Kier molecular flexibility index (Phi) is 8.24. The smallest absolute Gasteiger partial charge is 0.312 e. The Morgan fingerprint density at radius 2 is 2.08 bits per heavy atom. The summed E-state index contributed by atoms with van der Waals surface area (Å²) >= 11 is 10.1. The van der Waals surface area contributed by atoms with E-state index in [-0.39, 0.29) is 49.4 Å². The number of rotatable bonds is 11. The van der Waals surface area contributed by atoms with Crippen LogP contribution in [0, 0.1) is 11.8 Å². The van der Waals surface area contributed by atoms with Crippen molar-refractivity contribution in [2.24, 2.45) is 11.8 Å². The molecule has 1 spiro atoms. The van der Waals surface area contributed by atoms with Gasteiger partial charge in [0.05, 0.1) is 35.3 Å². The minimum absolute atomic E-state index is 0.146. The second kappa shape index (κ2) is 11.0. The van der Waals surface area contributed by atoms with Gasteiger partial charge in [-0.25, -0.2) is 0 Å². The Morgan fingerprint density at radius 3 is 2.75 bits per heavy atom. The third kappa shape index (κ3) is 4.40. The van der Waals surface area contributed by atoms with E-state index in [4.69, 9.17) is 21.1 Å². The minimum Gasteiger partial charge on any atom is -0.465 e. The van der Waals surface area contributed by atoms with Gasteiger partial charge in [-0.05, 0) is 31.4 Å². The summed E-state index contributed by atoms with van der Waals surface area (Å²) in [6, 6.07) is 5.95. The van der Waals surface area contributed by atoms with Crippen molar-refractivity contribution in [3.05, 3.63) is 54.6 Å². The number of carbonyl (C=O) groups is 3. The number of aliphatic hydroxyl groups excluding tert-OH is 1. The number of amides is 2. The van der Waals surface area contributed by atoms with E-state index < -0.39 is 35.6 Å². The number of likely N-dealkylation sites (tertiary alicyclic amines) is 1. The van der Waals surface area contributed by atoms with Crippen molar-refractivity contribution in [2.45, 2.75) is 41.8 Å². The van der Waals surface area contributed by atoms with Gasteiger partial charge in [-0.15, -0.1) is 13.2 Å². The van der Waals surface area contributed by atoms with Gasteiger partial charge in [0, 0.05) is 24.5 Å². The largest absolute Gasteiger partial charge is 0.465 e. The van der Waals surface area contributed by atoms with E-state index in [9.17, 15) is 19.5 Å². The number of aliphatic hydroxyl groups is 1. The minimum atomic E-state index is -1.22. The van der Waals surface area contributed by atoms with E-state index in [1.165, 1.54) is 9.80 Å². The van der Waals surface area contributed by atoms with Crippen molar-refractivity contribution in [1.29, 1.82) is 0 Å². The summed E-state index contributed by atoms with van der Waals surface area (Å²) in [6.07, 6.45) is 3.78. The molecule has 10 heteroatoms. The molecular weight excluding hydrogens is 552 g/mol. The fraction of sp³-hybridized carbons (Fsp3) is 0.500. The maximum atomic E-state index is 14.3. The number of carbonyl (C=O) groups excluding carboxylic acids is 3. The fourth-order valence-corrected chi connectivity index (χ4v) is 6.93. The quantitative estimate of drug-likeness (QED) is 0.187. The van der Waals surface area contributed by atoms with Crippen molar-refractivity contribution in [3.63, 3.8) is 0 Å². The number of halogens is 2. The van der Waals surface area contributed by atoms with E-state index >= 15 is 0 Å². The molecule has 36 heavy (non-hydrogen) atoms. The molecule has 3 aliphatic heterocycles. The van der Waals surface area contributed by atoms with E-state index in [0.29, 0.717) is 23.6 Å². The zero-order chi connectivity index (χ0) is 26.0. The summed E-state index contributed by atoms with van der Waals surface area (Å²) in [5, 5.41) is 9.88. The van der Waals surface area contributed by atoms with Gasteiger partial charge in [0.25, 0.3) is 5.91 Å². The molecule has 3 saturated heterocycles. The first kappa shape index (κ1) is 26.9. The fourth-order valence-electron chi connectivity index (χ4n) is 5.75. The van der Waals surface area contributed by atoms with Gasteiger partial charge in [-0.1, -0.05) is 51.8 Å². The molecule has 3 unspecified atom stereocenters. The lowest BCUT2D eigenvalue weighted by molar-refractivity contribution is -0.154. The summed E-state index contributed by atoms with van der Waals surface area (Å²) in [6.45, 7) is 7.74. The molecule has 0 aromatic heterocycles. The summed E-state index contributed by atoms with van der Waals surface area (Å²) < 4.78 is 11.9. The first-order chi connectivity index (χ1) is 17.3. The number of fused-ring (bicyclic) bond motifs is 1. The molecule has 4 rings (SSSR count). The molecule has 0 saturated carbocycles. The van der Waals surface area contributed by atoms with E-state index in [1.54, 1.807) is 36.4 Å². The molecule has 0 radical (unpaired) electrons. The van der Waals surface area contributed by atoms with Crippen LogP contribution in [0.4, 0.5) is 5.69 Å². The van der Waals surface area contributed by atoms with Gasteiger partial charge in [0.2, 0.25) is 5.91 Å². The van der Waals surface area contributed by atoms with E-state index in [1.807, 2.05) is 0 Å². The van der Waals surface area contributed by atoms with Crippen LogP contribution in [0.3, 0.4) is 0 Å². The zero-order valence-corrected chi connectivity index (χ0v) is 22.2. The van der Waals surface area contributed by atoms with Crippen molar-refractivity contribution in [1.82, 2.24) is 4.90 Å². The van der Waals surface area contributed by atoms with Gasteiger partial charge in [-0.2, -0.15) is 0 Å². The molecule has 1 aromatic carbocycles. The molecule has 2 bridgehead atoms. The lowest BCUT2D eigenvalue weighted by Crippen LogP contribution is -2.57. The normalized spacial score (nSPS) is 30.2. The molecule has 194 valence electrons. The predicted octanol–water partition coefficient (Wildman–Crippen LogP) is 3.11. The predicted molar refractivity (Wildman–Crippen MR) is 139 cm³/mol. The van der Waals surface area contributed by atoms with Crippen LogP contribution in [0.2, 0.25) is 5.02 Å². The van der Waals surface area contributed by atoms with Crippen LogP contribution in [0.5, 0.6) is 0 Å². The zero-order valence-electron chi connectivity index (χ0n) is 19.9. The monoisotopic (exact) mass is 580 g/mol. The summed E-state index contributed by atoms with van der Waals surface area (Å²) in [5.74, 6) is -2.94. The number of anilines is 1. The number of benzene rings is 1. The third-order valence-electron chi connectivity index (χ3n) is 7.14. The lowest BCUT2D eigenvalue weighted by atomic mass is 9.70. The molecular formula is C26H30BrClN2O6. The second-order valence-electron chi connectivity index (χ2n) is 9.21. The Balaban J connectivity index is 1.76. The molecule has 0 aliphatic carbocycles. The first-order valence-corrected chi connectivity index (χ1v) is 13.3. The van der Waals surface area contributed by atoms with Crippen molar-refractivity contribution in [2.75, 3.05) is 31.2 Å². The molecule has 6 atom stereocenters.